The molecule has 0 fully saturated rings. The molecule has 24 heavy (non-hydrogen) atoms. The van der Waals surface area contributed by atoms with Gasteiger partial charge in [0.2, 0.25) is 0 Å². The van der Waals surface area contributed by atoms with E-state index in [0.29, 0.717) is 6.54 Å². The first-order chi connectivity index (χ1) is 11.8. The van der Waals surface area contributed by atoms with Gasteiger partial charge in [0.05, 0.1) is 32.5 Å². The van der Waals surface area contributed by atoms with Crippen LogP contribution >= 0.6 is 0 Å². The van der Waals surface area contributed by atoms with Gasteiger partial charge in [0.25, 0.3) is 0 Å². The van der Waals surface area contributed by atoms with E-state index >= 15 is 0 Å². The van der Waals surface area contributed by atoms with Crippen LogP contribution in [0, 0.1) is 0 Å². The highest BCUT2D eigenvalue weighted by Crippen LogP contribution is 2.26. The molecule has 0 amide bonds. The lowest BCUT2D eigenvalue weighted by atomic mass is 10.1. The van der Waals surface area contributed by atoms with Gasteiger partial charge in [-0.05, 0) is 35.9 Å². The summed E-state index contributed by atoms with van der Waals surface area (Å²) in [6, 6.07) is 13.9. The number of pyridine rings is 1. The molecule has 2 aromatic heterocycles. The number of hydrogen-bond acceptors (Lipinski definition) is 4. The van der Waals surface area contributed by atoms with Gasteiger partial charge in [0.1, 0.15) is 17.0 Å². The summed E-state index contributed by atoms with van der Waals surface area (Å²) in [5.74, 6) is 1.67. The molecule has 120 valence electrons. The van der Waals surface area contributed by atoms with Gasteiger partial charge in [-0.1, -0.05) is 12.1 Å². The van der Waals surface area contributed by atoms with E-state index in [2.05, 4.69) is 16.3 Å². The summed E-state index contributed by atoms with van der Waals surface area (Å²) in [7, 11) is 3.34. The number of aromatic nitrogens is 3. The zero-order valence-corrected chi connectivity index (χ0v) is 13.6. The molecule has 4 rings (SSSR count). The third-order valence-electron chi connectivity index (χ3n) is 4.11. The largest absolute Gasteiger partial charge is 0.497 e. The predicted octanol–water partition coefficient (Wildman–Crippen LogP) is 3.65. The van der Waals surface area contributed by atoms with Crippen molar-refractivity contribution >= 4 is 21.8 Å². The number of nitrogens with zero attached hydrogens (tertiary/aromatic N) is 3. The molecule has 5 heteroatoms. The van der Waals surface area contributed by atoms with Crippen molar-refractivity contribution in [2.24, 2.45) is 0 Å². The van der Waals surface area contributed by atoms with Gasteiger partial charge < -0.3 is 9.47 Å². The normalized spacial score (nSPS) is 11.1. The number of methoxy groups -OCH3 is 2. The molecule has 0 unspecified atom stereocenters. The minimum absolute atomic E-state index is 0.699. The highest BCUT2D eigenvalue weighted by molar-refractivity contribution is 6.04. The summed E-state index contributed by atoms with van der Waals surface area (Å²) in [6.07, 6.45) is 3.87. The van der Waals surface area contributed by atoms with E-state index in [1.165, 1.54) is 5.56 Å². The summed E-state index contributed by atoms with van der Waals surface area (Å²) < 4.78 is 12.5. The zero-order chi connectivity index (χ0) is 16.5. The SMILES string of the molecule is COc1ccc(Cn2cc3c(cnc4ccc(OC)cc43)n2)cc1. The van der Waals surface area contributed by atoms with Crippen LogP contribution in [0.25, 0.3) is 21.8 Å². The molecule has 2 aromatic carbocycles. The summed E-state index contributed by atoms with van der Waals surface area (Å²) in [5, 5.41) is 6.76. The summed E-state index contributed by atoms with van der Waals surface area (Å²) in [5.41, 5.74) is 2.98. The average Bonchev–Trinajstić information content (AvgIpc) is 3.05. The molecule has 0 saturated heterocycles. The lowest BCUT2D eigenvalue weighted by molar-refractivity contribution is 0.414. The smallest absolute Gasteiger partial charge is 0.119 e. The molecular formula is C19H17N3O2. The minimum atomic E-state index is 0.699. The van der Waals surface area contributed by atoms with Gasteiger partial charge in [-0.3, -0.25) is 9.67 Å². The Kier molecular flexibility index (Phi) is 3.54. The van der Waals surface area contributed by atoms with Crippen LogP contribution in [-0.4, -0.2) is 29.0 Å². The zero-order valence-electron chi connectivity index (χ0n) is 13.6. The number of hydrogen-bond donors (Lipinski definition) is 0. The van der Waals surface area contributed by atoms with E-state index in [0.717, 1.165) is 33.3 Å². The van der Waals surface area contributed by atoms with Crippen molar-refractivity contribution in [2.45, 2.75) is 6.54 Å². The Labute approximate surface area is 139 Å². The van der Waals surface area contributed by atoms with Crippen LogP contribution in [0.4, 0.5) is 0 Å². The highest BCUT2D eigenvalue weighted by Gasteiger charge is 2.08. The first-order valence-corrected chi connectivity index (χ1v) is 7.69. The van der Waals surface area contributed by atoms with Crippen molar-refractivity contribution in [1.29, 1.82) is 0 Å². The second kappa shape index (κ2) is 5.85. The van der Waals surface area contributed by atoms with Gasteiger partial charge >= 0.3 is 0 Å². The van der Waals surface area contributed by atoms with Crippen molar-refractivity contribution < 1.29 is 9.47 Å². The second-order valence-corrected chi connectivity index (χ2v) is 5.61. The van der Waals surface area contributed by atoms with E-state index in [9.17, 15) is 0 Å². The Hall–Kier alpha value is -3.08. The molecule has 0 saturated carbocycles. The van der Waals surface area contributed by atoms with Gasteiger partial charge in [-0.15, -0.1) is 0 Å². The van der Waals surface area contributed by atoms with Gasteiger partial charge in [-0.25, -0.2) is 0 Å². The molecule has 0 aliphatic heterocycles. The van der Waals surface area contributed by atoms with Crippen LogP contribution in [-0.2, 0) is 6.54 Å². The first kappa shape index (κ1) is 14.5. The molecule has 0 radical (unpaired) electrons. The predicted molar refractivity (Wildman–Crippen MR) is 93.7 cm³/mol. The van der Waals surface area contributed by atoms with Crippen LogP contribution in [0.15, 0.2) is 54.9 Å². The lowest BCUT2D eigenvalue weighted by Crippen LogP contribution is -1.99. The van der Waals surface area contributed by atoms with Gasteiger partial charge in [0, 0.05) is 17.0 Å². The fourth-order valence-electron chi connectivity index (χ4n) is 2.84. The number of fused-ring (bicyclic) bond motifs is 3. The molecule has 0 aliphatic rings. The van der Waals surface area contributed by atoms with Crippen molar-refractivity contribution in [3.63, 3.8) is 0 Å². The van der Waals surface area contributed by atoms with E-state index < -0.39 is 0 Å². The highest BCUT2D eigenvalue weighted by atomic mass is 16.5. The number of rotatable bonds is 4. The number of benzene rings is 2. The van der Waals surface area contributed by atoms with Crippen molar-refractivity contribution in [3.8, 4) is 11.5 Å². The maximum atomic E-state index is 5.33. The quantitative estimate of drug-likeness (QED) is 0.576. The first-order valence-electron chi connectivity index (χ1n) is 7.69. The van der Waals surface area contributed by atoms with Crippen molar-refractivity contribution in [2.75, 3.05) is 14.2 Å². The fraction of sp³-hybridized carbons (Fsp3) is 0.158. The summed E-state index contributed by atoms with van der Waals surface area (Å²) in [6.45, 7) is 0.699. The third-order valence-corrected chi connectivity index (χ3v) is 4.11. The topological polar surface area (TPSA) is 49.2 Å². The van der Waals surface area contributed by atoms with Crippen LogP contribution in [0.5, 0.6) is 11.5 Å². The molecule has 0 N–H and O–H groups in total. The Bertz CT molecular complexity index is 1010. The molecule has 0 atom stereocenters. The second-order valence-electron chi connectivity index (χ2n) is 5.61. The summed E-state index contributed by atoms with van der Waals surface area (Å²) >= 11 is 0. The van der Waals surface area contributed by atoms with E-state index in [4.69, 9.17) is 9.47 Å². The molecule has 4 aromatic rings. The Morgan fingerprint density at radius 1 is 0.875 bits per heavy atom. The van der Waals surface area contributed by atoms with E-state index in [-0.39, 0.29) is 0 Å². The summed E-state index contributed by atoms with van der Waals surface area (Å²) in [4.78, 5) is 4.48. The van der Waals surface area contributed by atoms with Crippen LogP contribution < -0.4 is 9.47 Å². The molecular weight excluding hydrogens is 302 g/mol. The van der Waals surface area contributed by atoms with Crippen LogP contribution in [0.1, 0.15) is 5.56 Å². The maximum absolute atomic E-state index is 5.33. The van der Waals surface area contributed by atoms with E-state index in [1.807, 2.05) is 53.3 Å². The van der Waals surface area contributed by atoms with Crippen molar-refractivity contribution in [3.05, 3.63) is 60.4 Å². The average molecular weight is 319 g/mol. The van der Waals surface area contributed by atoms with Gasteiger partial charge in [0.15, 0.2) is 0 Å². The standard InChI is InChI=1S/C19H17N3O2/c1-23-14-5-3-13(4-6-14)11-22-12-17-16-9-15(24-2)7-8-18(16)20-10-19(17)21-22/h3-10,12H,11H2,1-2H3. The minimum Gasteiger partial charge on any atom is -0.497 e. The maximum Gasteiger partial charge on any atom is 0.119 e. The fourth-order valence-corrected chi connectivity index (χ4v) is 2.84. The van der Waals surface area contributed by atoms with Crippen LogP contribution in [0.2, 0.25) is 0 Å². The van der Waals surface area contributed by atoms with Gasteiger partial charge in [-0.2, -0.15) is 5.10 Å². The molecule has 0 bridgehead atoms. The number of ether oxygens (including phenoxy) is 2. The molecule has 5 nitrogen and oxygen atoms in total. The van der Waals surface area contributed by atoms with Crippen molar-refractivity contribution in [1.82, 2.24) is 14.8 Å². The lowest BCUT2D eigenvalue weighted by Gasteiger charge is -2.03. The Morgan fingerprint density at radius 2 is 1.62 bits per heavy atom. The Balaban J connectivity index is 1.75. The Morgan fingerprint density at radius 3 is 2.38 bits per heavy atom. The monoisotopic (exact) mass is 319 g/mol. The third kappa shape index (κ3) is 2.54. The molecule has 0 aliphatic carbocycles. The van der Waals surface area contributed by atoms with E-state index in [1.54, 1.807) is 14.2 Å². The molecule has 0 spiro atoms. The molecule has 2 heterocycles. The van der Waals surface area contributed by atoms with Crippen LogP contribution in [0.3, 0.4) is 0 Å².